The first-order chi connectivity index (χ1) is 11.7. The molecule has 25 heavy (non-hydrogen) atoms. The number of carbonyl (C=O) groups excluding carboxylic acids is 2. The van der Waals surface area contributed by atoms with Crippen LogP contribution in [0.3, 0.4) is 0 Å². The third kappa shape index (κ3) is 13.9. The van der Waals surface area contributed by atoms with Crippen molar-refractivity contribution in [3.8, 4) is 0 Å². The standard InChI is InChI=1S/2C7H5O.2C3H9Si.Sn/c2*8-6-7-4-2-1-3-5-7;2*1-4(2)3;/h2*1-5H;2*1-3H3;. The van der Waals surface area contributed by atoms with Gasteiger partial charge in [0.1, 0.15) is 0 Å². The molecule has 0 N–H and O–H groups in total. The molecule has 0 amide bonds. The van der Waals surface area contributed by atoms with Gasteiger partial charge in [-0.1, -0.05) is 39.3 Å². The first-order valence-electron chi connectivity index (χ1n) is 8.23. The van der Waals surface area contributed by atoms with Crippen LogP contribution in [0.4, 0.5) is 0 Å². The fraction of sp³-hybridized carbons (Fsp3) is 0.300. The van der Waals surface area contributed by atoms with Crippen LogP contribution in [0.25, 0.3) is 0 Å². The molecule has 0 aromatic heterocycles. The molecule has 0 aliphatic rings. The van der Waals surface area contributed by atoms with Gasteiger partial charge >= 0.3 is 110 Å². The molecule has 2 nitrogen and oxygen atoms in total. The number of benzene rings is 2. The van der Waals surface area contributed by atoms with Crippen molar-refractivity contribution in [2.45, 2.75) is 39.3 Å². The summed E-state index contributed by atoms with van der Waals surface area (Å²) in [6, 6.07) is 18.1. The van der Waals surface area contributed by atoms with Crippen LogP contribution in [0.15, 0.2) is 60.7 Å². The third-order valence-electron chi connectivity index (χ3n) is 2.30. The zero-order valence-electron chi connectivity index (χ0n) is 16.1. The van der Waals surface area contributed by atoms with E-state index in [1.54, 1.807) is 24.3 Å². The van der Waals surface area contributed by atoms with Gasteiger partial charge < -0.3 is 0 Å². The van der Waals surface area contributed by atoms with Crippen molar-refractivity contribution in [1.29, 1.82) is 0 Å². The number of carbonyl (C=O) groups is 2. The normalized spacial score (nSPS) is 9.60. The van der Waals surface area contributed by atoms with E-state index in [2.05, 4.69) is 39.3 Å². The summed E-state index contributed by atoms with van der Waals surface area (Å²) < 4.78 is 0.0612. The predicted molar refractivity (Wildman–Crippen MR) is 114 cm³/mol. The Bertz CT molecular complexity index is 553. The first-order valence-corrected chi connectivity index (χ1v) is 17.1. The summed E-state index contributed by atoms with van der Waals surface area (Å²) in [5.74, 6) is 0. The van der Waals surface area contributed by atoms with Crippen LogP contribution in [0.2, 0.25) is 39.3 Å². The Morgan fingerprint density at radius 3 is 1.08 bits per heavy atom. The van der Waals surface area contributed by atoms with Crippen LogP contribution in [-0.2, 0) is 0 Å². The van der Waals surface area contributed by atoms with Gasteiger partial charge in [0.05, 0.1) is 0 Å². The Balaban J connectivity index is 0.000000609. The third-order valence-corrected chi connectivity index (χ3v) is 5.24. The summed E-state index contributed by atoms with van der Waals surface area (Å²) in [6.07, 6.45) is 0. The molecule has 2 aromatic rings. The van der Waals surface area contributed by atoms with Crippen LogP contribution in [0, 0.1) is 0 Å². The average molecular weight is 475 g/mol. The molecule has 0 fully saturated rings. The fourth-order valence-electron chi connectivity index (χ4n) is 1.43. The van der Waals surface area contributed by atoms with Crippen LogP contribution in [0.5, 0.6) is 0 Å². The minimum absolute atomic E-state index is 0.0306. The molecule has 132 valence electrons. The van der Waals surface area contributed by atoms with Gasteiger partial charge in [0.15, 0.2) is 0 Å². The van der Waals surface area contributed by atoms with Gasteiger partial charge in [-0.2, -0.15) is 0 Å². The second kappa shape index (κ2) is 14.2. The van der Waals surface area contributed by atoms with Gasteiger partial charge in [0.25, 0.3) is 0 Å². The van der Waals surface area contributed by atoms with E-state index < -0.39 is 21.1 Å². The fourth-order valence-corrected chi connectivity index (χ4v) is 3.79. The first kappa shape index (κ1) is 24.0. The van der Waals surface area contributed by atoms with E-state index in [0.717, 1.165) is 0 Å². The van der Waals surface area contributed by atoms with Crippen LogP contribution in [0.1, 0.15) is 20.7 Å². The van der Waals surface area contributed by atoms with Crippen molar-refractivity contribution in [1.82, 2.24) is 0 Å². The Morgan fingerprint density at radius 1 is 0.600 bits per heavy atom. The second-order valence-corrected chi connectivity index (χ2v) is 15.8. The molecule has 0 bridgehead atoms. The molecule has 0 unspecified atom stereocenters. The Labute approximate surface area is 166 Å². The maximum absolute atomic E-state index is 11.9. The number of hydrogen-bond donors (Lipinski definition) is 0. The molecule has 0 heterocycles. The Kier molecular flexibility index (Phi) is 13.6. The van der Waals surface area contributed by atoms with Crippen LogP contribution < -0.4 is 0 Å². The molecule has 5 heteroatoms. The van der Waals surface area contributed by atoms with Crippen LogP contribution >= 0.6 is 0 Å². The quantitative estimate of drug-likeness (QED) is 0.576. The molecule has 0 saturated carbocycles. The van der Waals surface area contributed by atoms with E-state index in [0.29, 0.717) is 11.1 Å². The van der Waals surface area contributed by atoms with Gasteiger partial charge in [-0.25, -0.2) is 0 Å². The predicted octanol–water partition coefficient (Wildman–Crippen LogP) is 5.11. The Morgan fingerprint density at radius 2 is 0.840 bits per heavy atom. The van der Waals surface area contributed by atoms with Crippen molar-refractivity contribution in [3.63, 3.8) is 0 Å². The van der Waals surface area contributed by atoms with E-state index in [1.807, 2.05) is 36.4 Å². The van der Waals surface area contributed by atoms with E-state index in [-0.39, 0.29) is 25.2 Å². The monoisotopic (exact) mass is 476 g/mol. The molecule has 4 radical (unpaired) electrons. The number of rotatable bonds is 4. The van der Waals surface area contributed by atoms with Gasteiger partial charge in [-0.05, 0) is 0 Å². The molecule has 2 rings (SSSR count). The zero-order valence-corrected chi connectivity index (χ0v) is 20.9. The maximum atomic E-state index is 11.9. The van der Waals surface area contributed by atoms with Gasteiger partial charge in [0, 0.05) is 17.6 Å². The molecule has 0 aliphatic heterocycles. The molecule has 0 atom stereocenters. The van der Waals surface area contributed by atoms with Crippen molar-refractivity contribution in [3.05, 3.63) is 71.8 Å². The molecule has 0 saturated heterocycles. The van der Waals surface area contributed by atoms with E-state index >= 15 is 0 Å². The molecule has 0 spiro atoms. The topological polar surface area (TPSA) is 34.1 Å². The van der Waals surface area contributed by atoms with Gasteiger partial charge in [0.2, 0.25) is 0 Å². The van der Waals surface area contributed by atoms with Crippen molar-refractivity contribution in [2.24, 2.45) is 0 Å². The van der Waals surface area contributed by atoms with Crippen molar-refractivity contribution < 1.29 is 9.59 Å². The molecular formula is C20H28O2Si2Sn. The summed E-state index contributed by atoms with van der Waals surface area (Å²) in [5.41, 5.74) is 1.31. The summed E-state index contributed by atoms with van der Waals surface area (Å²) in [5, 5.41) is 0. The van der Waals surface area contributed by atoms with Gasteiger partial charge in [-0.3, -0.25) is 0 Å². The van der Waals surface area contributed by atoms with Crippen LogP contribution in [-0.4, -0.2) is 46.3 Å². The van der Waals surface area contributed by atoms with Gasteiger partial charge in [-0.15, -0.1) is 0 Å². The summed E-state index contributed by atoms with van der Waals surface area (Å²) in [4.78, 5) is 23.8. The van der Waals surface area contributed by atoms with E-state index in [4.69, 9.17) is 0 Å². The molecule has 0 aliphatic carbocycles. The SMILES string of the molecule is C[Si](C)C.C[Si](C)C.O=[C]([Sn][C](=O)c1ccccc1)c1ccccc1. The van der Waals surface area contributed by atoms with Crippen molar-refractivity contribution in [2.75, 3.05) is 0 Å². The number of hydrogen-bond acceptors (Lipinski definition) is 2. The Hall–Kier alpha value is -0.988. The van der Waals surface area contributed by atoms with E-state index in [9.17, 15) is 9.59 Å². The summed E-state index contributed by atoms with van der Waals surface area (Å²) >= 11 is -1.71. The molecular weight excluding hydrogens is 447 g/mol. The average Bonchev–Trinajstić information content (AvgIpc) is 2.55. The zero-order chi connectivity index (χ0) is 19.2. The molecule has 2 aromatic carbocycles. The van der Waals surface area contributed by atoms with Crippen molar-refractivity contribution >= 4 is 46.3 Å². The minimum atomic E-state index is -1.71. The summed E-state index contributed by atoms with van der Waals surface area (Å²) in [7, 11) is 0.241. The second-order valence-electron chi connectivity index (χ2n) is 6.52. The summed E-state index contributed by atoms with van der Waals surface area (Å²) in [6.45, 7) is 13.6. The van der Waals surface area contributed by atoms with E-state index in [1.165, 1.54) is 0 Å².